The Morgan fingerprint density at radius 3 is 2.72 bits per heavy atom. The van der Waals surface area contributed by atoms with E-state index in [0.717, 1.165) is 0 Å². The van der Waals surface area contributed by atoms with Crippen molar-refractivity contribution in [3.63, 3.8) is 0 Å². The molecule has 0 bridgehead atoms. The van der Waals surface area contributed by atoms with Gasteiger partial charge in [0.05, 0.1) is 25.3 Å². The highest BCUT2D eigenvalue weighted by molar-refractivity contribution is 9.10. The molecule has 5 N–H and O–H groups in total. The molecule has 0 heterocycles. The summed E-state index contributed by atoms with van der Waals surface area (Å²) in [5.41, 5.74) is 11.0. The summed E-state index contributed by atoms with van der Waals surface area (Å²) in [6.45, 7) is 0. The fourth-order valence-corrected chi connectivity index (χ4v) is 1.61. The molecule has 7 heteroatoms. The number of halogens is 1. The van der Waals surface area contributed by atoms with Crippen LogP contribution in [-0.2, 0) is 9.59 Å². The predicted octanol–water partition coefficient (Wildman–Crippen LogP) is 0.599. The molecule has 18 heavy (non-hydrogen) atoms. The van der Waals surface area contributed by atoms with Crippen LogP contribution in [0.3, 0.4) is 0 Å². The molecule has 0 saturated heterocycles. The maximum atomic E-state index is 11.7. The quantitative estimate of drug-likeness (QED) is 0.739. The van der Waals surface area contributed by atoms with Crippen molar-refractivity contribution in [2.24, 2.45) is 11.5 Å². The van der Waals surface area contributed by atoms with Gasteiger partial charge in [0.15, 0.2) is 0 Å². The van der Waals surface area contributed by atoms with Crippen LogP contribution in [0.4, 0.5) is 5.69 Å². The van der Waals surface area contributed by atoms with Crippen molar-refractivity contribution in [3.05, 3.63) is 22.7 Å². The summed E-state index contributed by atoms with van der Waals surface area (Å²) in [6, 6.07) is 4.14. The molecule has 1 rings (SSSR count). The number of rotatable bonds is 5. The molecule has 0 radical (unpaired) electrons. The normalized spacial score (nSPS) is 11.7. The summed E-state index contributed by atoms with van der Waals surface area (Å²) in [6.07, 6.45) is -0.201. The first kappa shape index (κ1) is 14.5. The smallest absolute Gasteiger partial charge is 0.241 e. The monoisotopic (exact) mass is 315 g/mol. The minimum Gasteiger partial charge on any atom is -0.497 e. The lowest BCUT2D eigenvalue weighted by molar-refractivity contribution is -0.123. The van der Waals surface area contributed by atoms with Crippen molar-refractivity contribution in [1.82, 2.24) is 0 Å². The second-order valence-electron chi connectivity index (χ2n) is 3.61. The number of benzene rings is 1. The second kappa shape index (κ2) is 6.36. The fourth-order valence-electron chi connectivity index (χ4n) is 1.26. The van der Waals surface area contributed by atoms with E-state index in [1.807, 2.05) is 0 Å². The third kappa shape index (κ3) is 4.01. The second-order valence-corrected chi connectivity index (χ2v) is 4.47. The lowest BCUT2D eigenvalue weighted by Crippen LogP contribution is -2.39. The number of amides is 2. The molecule has 98 valence electrons. The molecule has 6 nitrogen and oxygen atoms in total. The van der Waals surface area contributed by atoms with Gasteiger partial charge in [-0.2, -0.15) is 0 Å². The number of hydrogen-bond donors (Lipinski definition) is 3. The van der Waals surface area contributed by atoms with Gasteiger partial charge in [-0.3, -0.25) is 9.59 Å². The van der Waals surface area contributed by atoms with Crippen LogP contribution >= 0.6 is 15.9 Å². The molecule has 0 aliphatic rings. The summed E-state index contributed by atoms with van der Waals surface area (Å²) >= 11 is 3.29. The van der Waals surface area contributed by atoms with Crippen LogP contribution in [0.15, 0.2) is 22.7 Å². The average Bonchev–Trinajstić information content (AvgIpc) is 2.31. The third-order valence-corrected chi connectivity index (χ3v) is 2.88. The first-order chi connectivity index (χ1) is 8.43. The van der Waals surface area contributed by atoms with Gasteiger partial charge < -0.3 is 21.5 Å². The molecule has 1 atom stereocenters. The maximum absolute atomic E-state index is 11.7. The molecule has 0 aromatic heterocycles. The van der Waals surface area contributed by atoms with Gasteiger partial charge in [-0.15, -0.1) is 0 Å². The summed E-state index contributed by atoms with van der Waals surface area (Å²) in [4.78, 5) is 22.4. The van der Waals surface area contributed by atoms with Crippen LogP contribution in [0.2, 0.25) is 0 Å². The Kier molecular flexibility index (Phi) is 5.11. The highest BCUT2D eigenvalue weighted by Crippen LogP contribution is 2.27. The zero-order valence-corrected chi connectivity index (χ0v) is 11.4. The van der Waals surface area contributed by atoms with Crippen LogP contribution in [0.1, 0.15) is 6.42 Å². The standard InChI is InChI=1S/C11H14BrN3O3/c1-18-6-2-3-7(12)9(4-6)15-11(17)8(13)5-10(14)16/h2-4,8H,5,13H2,1H3,(H2,14,16)(H,15,17). The lowest BCUT2D eigenvalue weighted by atomic mass is 10.2. The van der Waals surface area contributed by atoms with E-state index in [1.165, 1.54) is 7.11 Å². The first-order valence-corrected chi connectivity index (χ1v) is 5.91. The van der Waals surface area contributed by atoms with Crippen molar-refractivity contribution < 1.29 is 14.3 Å². The van der Waals surface area contributed by atoms with Crippen molar-refractivity contribution in [3.8, 4) is 5.75 Å². The van der Waals surface area contributed by atoms with Crippen LogP contribution in [0.25, 0.3) is 0 Å². The Bertz CT molecular complexity index is 465. The maximum Gasteiger partial charge on any atom is 0.241 e. The van der Waals surface area contributed by atoms with E-state index < -0.39 is 17.9 Å². The van der Waals surface area contributed by atoms with Gasteiger partial charge in [0, 0.05) is 10.5 Å². The summed E-state index contributed by atoms with van der Waals surface area (Å²) in [5.74, 6) is -0.512. The largest absolute Gasteiger partial charge is 0.497 e. The Morgan fingerprint density at radius 2 is 2.17 bits per heavy atom. The topological polar surface area (TPSA) is 107 Å². The van der Waals surface area contributed by atoms with Gasteiger partial charge in [-0.25, -0.2) is 0 Å². The Hall–Kier alpha value is -1.60. The molecular weight excluding hydrogens is 302 g/mol. The van der Waals surface area contributed by atoms with Gasteiger partial charge in [0.2, 0.25) is 11.8 Å². The highest BCUT2D eigenvalue weighted by atomic mass is 79.9. The molecule has 1 aromatic rings. The molecule has 0 aliphatic heterocycles. The van der Waals surface area contributed by atoms with E-state index in [2.05, 4.69) is 21.2 Å². The van der Waals surface area contributed by atoms with E-state index in [4.69, 9.17) is 16.2 Å². The van der Waals surface area contributed by atoms with Gasteiger partial charge >= 0.3 is 0 Å². The Morgan fingerprint density at radius 1 is 1.50 bits per heavy atom. The number of ether oxygens (including phenoxy) is 1. The first-order valence-electron chi connectivity index (χ1n) is 5.12. The van der Waals surface area contributed by atoms with Crippen molar-refractivity contribution in [1.29, 1.82) is 0 Å². The van der Waals surface area contributed by atoms with Gasteiger partial charge in [-0.05, 0) is 28.1 Å². The minimum absolute atomic E-state index is 0.201. The Labute approximate surface area is 113 Å². The van der Waals surface area contributed by atoms with E-state index >= 15 is 0 Å². The average molecular weight is 316 g/mol. The zero-order chi connectivity index (χ0) is 13.7. The Balaban J connectivity index is 2.77. The van der Waals surface area contributed by atoms with Crippen LogP contribution in [0, 0.1) is 0 Å². The van der Waals surface area contributed by atoms with Crippen LogP contribution < -0.4 is 21.5 Å². The van der Waals surface area contributed by atoms with Crippen LogP contribution in [0.5, 0.6) is 5.75 Å². The van der Waals surface area contributed by atoms with E-state index in [9.17, 15) is 9.59 Å². The number of nitrogens with one attached hydrogen (secondary N) is 1. The third-order valence-electron chi connectivity index (χ3n) is 2.19. The highest BCUT2D eigenvalue weighted by Gasteiger charge is 2.17. The molecule has 2 amide bonds. The van der Waals surface area contributed by atoms with Crippen molar-refractivity contribution in [2.75, 3.05) is 12.4 Å². The molecule has 1 unspecified atom stereocenters. The summed E-state index contributed by atoms with van der Waals surface area (Å²) < 4.78 is 5.72. The minimum atomic E-state index is -0.972. The molecule has 1 aromatic carbocycles. The van der Waals surface area contributed by atoms with Gasteiger partial charge in [-0.1, -0.05) is 0 Å². The van der Waals surface area contributed by atoms with E-state index in [-0.39, 0.29) is 6.42 Å². The molecule has 0 saturated carbocycles. The number of nitrogens with two attached hydrogens (primary N) is 2. The van der Waals surface area contributed by atoms with Gasteiger partial charge in [0.1, 0.15) is 5.75 Å². The molecule has 0 aliphatic carbocycles. The lowest BCUT2D eigenvalue weighted by Gasteiger charge is -2.12. The number of carbonyl (C=O) groups is 2. The summed E-state index contributed by atoms with van der Waals surface area (Å²) in [7, 11) is 1.52. The zero-order valence-electron chi connectivity index (χ0n) is 9.77. The fraction of sp³-hybridized carbons (Fsp3) is 0.273. The number of primary amides is 1. The molecule has 0 spiro atoms. The van der Waals surface area contributed by atoms with E-state index in [0.29, 0.717) is 15.9 Å². The molecule has 0 fully saturated rings. The van der Waals surface area contributed by atoms with E-state index in [1.54, 1.807) is 18.2 Å². The van der Waals surface area contributed by atoms with Crippen molar-refractivity contribution >= 4 is 33.4 Å². The van der Waals surface area contributed by atoms with Gasteiger partial charge in [0.25, 0.3) is 0 Å². The summed E-state index contributed by atoms with van der Waals surface area (Å²) in [5, 5.41) is 2.59. The van der Waals surface area contributed by atoms with Crippen molar-refractivity contribution in [2.45, 2.75) is 12.5 Å². The molecular formula is C11H14BrN3O3. The predicted molar refractivity (Wildman–Crippen MR) is 71.1 cm³/mol. The number of methoxy groups -OCH3 is 1. The number of hydrogen-bond acceptors (Lipinski definition) is 4. The van der Waals surface area contributed by atoms with Crippen LogP contribution in [-0.4, -0.2) is 25.0 Å². The number of carbonyl (C=O) groups excluding carboxylic acids is 2. The SMILES string of the molecule is COc1ccc(Br)c(NC(=O)C(N)CC(N)=O)c1. The number of anilines is 1.